The van der Waals surface area contributed by atoms with Gasteiger partial charge in [0.2, 0.25) is 5.88 Å². The Morgan fingerprint density at radius 2 is 1.75 bits per heavy atom. The fourth-order valence-electron chi connectivity index (χ4n) is 3.49. The van der Waals surface area contributed by atoms with Crippen LogP contribution in [0.2, 0.25) is 0 Å². The highest BCUT2D eigenvalue weighted by molar-refractivity contribution is 5.65. The molecule has 0 aliphatic rings. The van der Waals surface area contributed by atoms with Crippen LogP contribution >= 0.6 is 0 Å². The minimum absolute atomic E-state index is 0.0509. The Hall–Kier alpha value is -3.81. The minimum Gasteiger partial charge on any atom is -0.479 e. The summed E-state index contributed by atoms with van der Waals surface area (Å²) in [4.78, 5) is 8.93. The van der Waals surface area contributed by atoms with Gasteiger partial charge in [-0.3, -0.25) is 0 Å². The molecule has 8 heteroatoms. The second kappa shape index (κ2) is 8.74. The lowest BCUT2D eigenvalue weighted by molar-refractivity contribution is 0.396. The molecule has 0 saturated carbocycles. The summed E-state index contributed by atoms with van der Waals surface area (Å²) in [5.41, 5.74) is 5.97. The zero-order chi connectivity index (χ0) is 22.8. The molecule has 0 saturated heterocycles. The number of ether oxygens (including phenoxy) is 1. The van der Waals surface area contributed by atoms with Crippen molar-refractivity contribution in [2.75, 3.05) is 12.4 Å². The van der Waals surface area contributed by atoms with Gasteiger partial charge in [-0.05, 0) is 68.7 Å². The highest BCUT2D eigenvalue weighted by Crippen LogP contribution is 2.30. The van der Waals surface area contributed by atoms with Gasteiger partial charge < -0.3 is 14.6 Å². The van der Waals surface area contributed by atoms with E-state index in [1.165, 1.54) is 12.1 Å². The van der Waals surface area contributed by atoms with Gasteiger partial charge in [-0.25, -0.2) is 14.4 Å². The van der Waals surface area contributed by atoms with Crippen LogP contribution in [0, 0.1) is 26.6 Å². The minimum atomic E-state index is -0.255. The maximum atomic E-state index is 13.2. The number of anilines is 1. The number of imidazole rings is 1. The topological polar surface area (TPSA) is 77.8 Å². The molecule has 3 aromatic heterocycles. The molecular formula is C24H25FN6O. The predicted octanol–water partition coefficient (Wildman–Crippen LogP) is 4.97. The number of pyridine rings is 1. The maximum absolute atomic E-state index is 13.2. The molecule has 1 N–H and O–H groups in total. The van der Waals surface area contributed by atoms with Crippen LogP contribution < -0.4 is 10.1 Å². The molecule has 0 aliphatic carbocycles. The summed E-state index contributed by atoms with van der Waals surface area (Å²) in [5.74, 6) is 0.903. The van der Waals surface area contributed by atoms with Crippen LogP contribution in [-0.2, 0) is 0 Å². The van der Waals surface area contributed by atoms with E-state index in [1.54, 1.807) is 25.6 Å². The van der Waals surface area contributed by atoms with E-state index in [0.29, 0.717) is 23.1 Å². The fraction of sp³-hybridized carbons (Fsp3) is 0.250. The number of methoxy groups -OCH3 is 1. The second-order valence-electron chi connectivity index (χ2n) is 7.71. The zero-order valence-corrected chi connectivity index (χ0v) is 18.7. The van der Waals surface area contributed by atoms with Crippen molar-refractivity contribution in [2.45, 2.75) is 33.7 Å². The van der Waals surface area contributed by atoms with Crippen molar-refractivity contribution in [1.82, 2.24) is 24.7 Å². The first-order valence-electron chi connectivity index (χ1n) is 10.3. The Kier molecular flexibility index (Phi) is 5.85. The third-order valence-corrected chi connectivity index (χ3v) is 5.51. The standard InChI is InChI=1S/C24H25FN6O/c1-14-12-31(13-26-14)21-11-10-20(28-24(21)32-5)22-15(2)16(3)23(30-29-22)27-17(4)18-6-8-19(25)9-7-18/h6-13,17H,1-5H3,(H,27,30)/t17-/m0/s1. The van der Waals surface area contributed by atoms with E-state index < -0.39 is 0 Å². The third-order valence-electron chi connectivity index (χ3n) is 5.51. The van der Waals surface area contributed by atoms with Gasteiger partial charge >= 0.3 is 0 Å². The van der Waals surface area contributed by atoms with Crippen LogP contribution in [0.1, 0.15) is 35.3 Å². The molecule has 0 radical (unpaired) electrons. The van der Waals surface area contributed by atoms with E-state index in [1.807, 2.05) is 50.6 Å². The lowest BCUT2D eigenvalue weighted by atomic mass is 10.1. The fourth-order valence-corrected chi connectivity index (χ4v) is 3.49. The molecule has 164 valence electrons. The average molecular weight is 433 g/mol. The first kappa shape index (κ1) is 21.4. The largest absolute Gasteiger partial charge is 0.479 e. The van der Waals surface area contributed by atoms with Crippen molar-refractivity contribution < 1.29 is 9.13 Å². The molecule has 1 aromatic carbocycles. The number of rotatable bonds is 6. The summed E-state index contributed by atoms with van der Waals surface area (Å²) in [5, 5.41) is 12.2. The average Bonchev–Trinajstić information content (AvgIpc) is 3.23. The number of hydrogen-bond donors (Lipinski definition) is 1. The van der Waals surface area contributed by atoms with Crippen molar-refractivity contribution in [3.8, 4) is 23.0 Å². The third kappa shape index (κ3) is 4.16. The molecule has 4 rings (SSSR count). The van der Waals surface area contributed by atoms with Crippen molar-refractivity contribution in [3.63, 3.8) is 0 Å². The predicted molar refractivity (Wildman–Crippen MR) is 122 cm³/mol. The number of aryl methyl sites for hydroxylation is 1. The highest BCUT2D eigenvalue weighted by atomic mass is 19.1. The van der Waals surface area contributed by atoms with Gasteiger partial charge in [-0.1, -0.05) is 12.1 Å². The lowest BCUT2D eigenvalue weighted by Gasteiger charge is -2.18. The van der Waals surface area contributed by atoms with E-state index in [-0.39, 0.29) is 11.9 Å². The summed E-state index contributed by atoms with van der Waals surface area (Å²) < 4.78 is 20.6. The van der Waals surface area contributed by atoms with Crippen LogP contribution in [0.15, 0.2) is 48.9 Å². The number of halogens is 1. The summed E-state index contributed by atoms with van der Waals surface area (Å²) in [6, 6.07) is 10.2. The van der Waals surface area contributed by atoms with Gasteiger partial charge in [0.05, 0.1) is 30.9 Å². The van der Waals surface area contributed by atoms with E-state index in [9.17, 15) is 4.39 Å². The molecular weight excluding hydrogens is 407 g/mol. The van der Waals surface area contributed by atoms with E-state index in [4.69, 9.17) is 4.74 Å². The van der Waals surface area contributed by atoms with Gasteiger partial charge in [0, 0.05) is 6.20 Å². The molecule has 0 amide bonds. The molecule has 3 heterocycles. The molecule has 0 unspecified atom stereocenters. The van der Waals surface area contributed by atoms with Gasteiger partial charge in [0.15, 0.2) is 5.82 Å². The van der Waals surface area contributed by atoms with Crippen LogP contribution in [0.4, 0.5) is 10.2 Å². The van der Waals surface area contributed by atoms with Gasteiger partial charge in [0.1, 0.15) is 17.2 Å². The Balaban J connectivity index is 1.63. The van der Waals surface area contributed by atoms with Crippen molar-refractivity contribution in [3.05, 3.63) is 77.1 Å². The first-order valence-corrected chi connectivity index (χ1v) is 10.3. The number of aromatic nitrogens is 5. The lowest BCUT2D eigenvalue weighted by Crippen LogP contribution is -2.11. The molecule has 0 aliphatic heterocycles. The van der Waals surface area contributed by atoms with Crippen LogP contribution in [0.5, 0.6) is 5.88 Å². The Labute approximate surface area is 186 Å². The smallest absolute Gasteiger partial charge is 0.238 e. The molecule has 7 nitrogen and oxygen atoms in total. The second-order valence-corrected chi connectivity index (χ2v) is 7.71. The molecule has 0 bridgehead atoms. The number of hydrogen-bond acceptors (Lipinski definition) is 6. The highest BCUT2D eigenvalue weighted by Gasteiger charge is 2.17. The summed E-state index contributed by atoms with van der Waals surface area (Å²) in [7, 11) is 1.59. The summed E-state index contributed by atoms with van der Waals surface area (Å²) in [6.07, 6.45) is 3.64. The monoisotopic (exact) mass is 432 g/mol. The SMILES string of the molecule is COc1nc(-c2nnc(N[C@@H](C)c3ccc(F)cc3)c(C)c2C)ccc1-n1cnc(C)c1. The van der Waals surface area contributed by atoms with Crippen molar-refractivity contribution >= 4 is 5.82 Å². The van der Waals surface area contributed by atoms with Crippen LogP contribution in [0.3, 0.4) is 0 Å². The zero-order valence-electron chi connectivity index (χ0n) is 18.7. The Morgan fingerprint density at radius 1 is 1.00 bits per heavy atom. The maximum Gasteiger partial charge on any atom is 0.238 e. The van der Waals surface area contributed by atoms with E-state index in [0.717, 1.165) is 28.1 Å². The van der Waals surface area contributed by atoms with E-state index in [2.05, 4.69) is 25.5 Å². The van der Waals surface area contributed by atoms with Crippen molar-refractivity contribution in [1.29, 1.82) is 0 Å². The van der Waals surface area contributed by atoms with Crippen LogP contribution in [-0.4, -0.2) is 31.8 Å². The van der Waals surface area contributed by atoms with Gasteiger partial charge in [-0.15, -0.1) is 10.2 Å². The van der Waals surface area contributed by atoms with Crippen LogP contribution in [0.25, 0.3) is 17.1 Å². The first-order chi connectivity index (χ1) is 15.4. The quantitative estimate of drug-likeness (QED) is 0.463. The number of nitrogens with one attached hydrogen (secondary N) is 1. The number of benzene rings is 1. The van der Waals surface area contributed by atoms with E-state index >= 15 is 0 Å². The Morgan fingerprint density at radius 3 is 2.41 bits per heavy atom. The summed E-state index contributed by atoms with van der Waals surface area (Å²) >= 11 is 0. The molecule has 4 aromatic rings. The molecule has 0 spiro atoms. The summed E-state index contributed by atoms with van der Waals surface area (Å²) in [6.45, 7) is 7.92. The normalized spacial score (nSPS) is 11.9. The molecule has 0 fully saturated rings. The molecule has 32 heavy (non-hydrogen) atoms. The van der Waals surface area contributed by atoms with Crippen molar-refractivity contribution in [2.24, 2.45) is 0 Å². The molecule has 1 atom stereocenters. The number of nitrogens with zero attached hydrogens (tertiary/aromatic N) is 5. The van der Waals surface area contributed by atoms with Gasteiger partial charge in [0.25, 0.3) is 0 Å². The van der Waals surface area contributed by atoms with Gasteiger partial charge in [-0.2, -0.15) is 0 Å². The Bertz CT molecular complexity index is 1250.